The Bertz CT molecular complexity index is 352. The van der Waals surface area contributed by atoms with Gasteiger partial charge in [0.2, 0.25) is 0 Å². The largest absolute Gasteiger partial charge is 0.467 e. The first-order valence-corrected chi connectivity index (χ1v) is 7.02. The molecular formula is C15H26FNO4. The van der Waals surface area contributed by atoms with Crippen LogP contribution >= 0.6 is 0 Å². The number of ether oxygens (including phenoxy) is 2. The van der Waals surface area contributed by atoms with E-state index < -0.39 is 29.9 Å². The van der Waals surface area contributed by atoms with Crippen molar-refractivity contribution >= 4 is 12.1 Å². The maximum absolute atomic E-state index is 13.6. The number of alkyl carbamates (subject to hydrolysis) is 1. The number of carbonyl (C=O) groups is 2. The van der Waals surface area contributed by atoms with Crippen LogP contribution in [0.5, 0.6) is 0 Å². The van der Waals surface area contributed by atoms with E-state index in [1.807, 2.05) is 0 Å². The normalized spacial score (nSPS) is 14.0. The van der Waals surface area contributed by atoms with Crippen LogP contribution in [0.1, 0.15) is 46.5 Å². The highest BCUT2D eigenvalue weighted by atomic mass is 19.1. The van der Waals surface area contributed by atoms with Crippen molar-refractivity contribution < 1.29 is 23.5 Å². The predicted molar refractivity (Wildman–Crippen MR) is 78.7 cm³/mol. The average molecular weight is 303 g/mol. The summed E-state index contributed by atoms with van der Waals surface area (Å²) in [5.74, 6) is -0.614. The Morgan fingerprint density at radius 3 is 2.38 bits per heavy atom. The minimum atomic E-state index is -1.05. The van der Waals surface area contributed by atoms with Crippen molar-refractivity contribution in [1.29, 1.82) is 0 Å². The van der Waals surface area contributed by atoms with Crippen LogP contribution < -0.4 is 5.32 Å². The molecule has 0 saturated carbocycles. The van der Waals surface area contributed by atoms with E-state index in [9.17, 15) is 14.0 Å². The van der Waals surface area contributed by atoms with Gasteiger partial charge in [-0.05, 0) is 46.5 Å². The zero-order chi connectivity index (χ0) is 16.5. The standard InChI is InChI=1S/C15H26FNO4/c1-6-7-8-11(16)9-10-12(13(18)20-5)17-14(19)21-15(2,3)4/h6,11-12H,1,7-10H2,2-5H3,(H,17,19). The summed E-state index contributed by atoms with van der Waals surface area (Å²) >= 11 is 0. The fraction of sp³-hybridized carbons (Fsp3) is 0.733. The summed E-state index contributed by atoms with van der Waals surface area (Å²) in [6, 6.07) is -0.910. The predicted octanol–water partition coefficient (Wildman–Crippen LogP) is 3.14. The van der Waals surface area contributed by atoms with Gasteiger partial charge in [-0.15, -0.1) is 6.58 Å². The van der Waals surface area contributed by atoms with E-state index in [0.29, 0.717) is 12.8 Å². The first-order valence-electron chi connectivity index (χ1n) is 7.02. The van der Waals surface area contributed by atoms with Gasteiger partial charge in [0, 0.05) is 0 Å². The Kier molecular flexibility index (Phi) is 8.66. The molecule has 0 bridgehead atoms. The Morgan fingerprint density at radius 2 is 1.90 bits per heavy atom. The van der Waals surface area contributed by atoms with Crippen LogP contribution in [0, 0.1) is 0 Å². The van der Waals surface area contributed by atoms with Crippen molar-refractivity contribution in [3.63, 3.8) is 0 Å². The minimum Gasteiger partial charge on any atom is -0.467 e. The van der Waals surface area contributed by atoms with E-state index in [4.69, 9.17) is 4.74 Å². The van der Waals surface area contributed by atoms with E-state index in [1.54, 1.807) is 26.8 Å². The number of hydrogen-bond donors (Lipinski definition) is 1. The lowest BCUT2D eigenvalue weighted by molar-refractivity contribution is -0.143. The Labute approximate surface area is 125 Å². The lowest BCUT2D eigenvalue weighted by atomic mass is 10.1. The van der Waals surface area contributed by atoms with Gasteiger partial charge >= 0.3 is 12.1 Å². The highest BCUT2D eigenvalue weighted by molar-refractivity contribution is 5.81. The second kappa shape index (κ2) is 9.37. The molecule has 0 spiro atoms. The molecule has 0 aromatic carbocycles. The number of allylic oxidation sites excluding steroid dienone is 1. The van der Waals surface area contributed by atoms with Crippen molar-refractivity contribution in [2.45, 2.75) is 64.3 Å². The smallest absolute Gasteiger partial charge is 0.408 e. The number of amides is 1. The molecule has 0 fully saturated rings. The molecule has 1 N–H and O–H groups in total. The topological polar surface area (TPSA) is 64.6 Å². The van der Waals surface area contributed by atoms with E-state index in [0.717, 1.165) is 0 Å². The zero-order valence-corrected chi connectivity index (χ0v) is 13.3. The molecule has 6 heteroatoms. The molecule has 0 aliphatic carbocycles. The van der Waals surface area contributed by atoms with Crippen LogP contribution in [0.4, 0.5) is 9.18 Å². The fourth-order valence-electron chi connectivity index (χ4n) is 1.63. The summed E-state index contributed by atoms with van der Waals surface area (Å²) in [6.07, 6.45) is 1.11. The van der Waals surface area contributed by atoms with Gasteiger partial charge in [0.1, 0.15) is 17.8 Å². The highest BCUT2D eigenvalue weighted by Crippen LogP contribution is 2.13. The molecule has 0 saturated heterocycles. The van der Waals surface area contributed by atoms with Gasteiger partial charge in [0.25, 0.3) is 0 Å². The minimum absolute atomic E-state index is 0.156. The molecule has 0 aliphatic rings. The van der Waals surface area contributed by atoms with Crippen molar-refractivity contribution in [3.8, 4) is 0 Å². The summed E-state index contributed by atoms with van der Waals surface area (Å²) in [7, 11) is 1.22. The number of carbonyl (C=O) groups excluding carboxylic acids is 2. The van der Waals surface area contributed by atoms with Gasteiger partial charge < -0.3 is 14.8 Å². The van der Waals surface area contributed by atoms with Crippen molar-refractivity contribution in [2.24, 2.45) is 0 Å². The van der Waals surface area contributed by atoms with Gasteiger partial charge in [-0.25, -0.2) is 14.0 Å². The SMILES string of the molecule is C=CCCC(F)CCC(NC(=O)OC(C)(C)C)C(=O)OC. The van der Waals surface area contributed by atoms with Gasteiger partial charge in [-0.3, -0.25) is 0 Å². The van der Waals surface area contributed by atoms with Gasteiger partial charge in [0.05, 0.1) is 7.11 Å². The summed E-state index contributed by atoms with van der Waals surface area (Å²) in [4.78, 5) is 23.3. The lowest BCUT2D eigenvalue weighted by Gasteiger charge is -2.22. The van der Waals surface area contributed by atoms with E-state index in [-0.39, 0.29) is 12.8 Å². The summed E-state index contributed by atoms with van der Waals surface area (Å²) in [6.45, 7) is 8.67. The summed E-state index contributed by atoms with van der Waals surface area (Å²) in [5.41, 5.74) is -0.669. The number of esters is 1. The number of nitrogens with one attached hydrogen (secondary N) is 1. The number of methoxy groups -OCH3 is 1. The first kappa shape index (κ1) is 19.4. The van der Waals surface area contributed by atoms with E-state index in [1.165, 1.54) is 7.11 Å². The van der Waals surface area contributed by atoms with E-state index in [2.05, 4.69) is 16.6 Å². The molecule has 0 rings (SSSR count). The second-order valence-electron chi connectivity index (χ2n) is 5.76. The second-order valence-corrected chi connectivity index (χ2v) is 5.76. The van der Waals surface area contributed by atoms with Crippen LogP contribution in [0.2, 0.25) is 0 Å². The van der Waals surface area contributed by atoms with Crippen LogP contribution in [0.25, 0.3) is 0 Å². The highest BCUT2D eigenvalue weighted by Gasteiger charge is 2.25. The molecule has 0 heterocycles. The van der Waals surface area contributed by atoms with Crippen LogP contribution in [0.15, 0.2) is 12.7 Å². The fourth-order valence-corrected chi connectivity index (χ4v) is 1.63. The third kappa shape index (κ3) is 9.87. The number of rotatable bonds is 8. The zero-order valence-electron chi connectivity index (χ0n) is 13.3. The molecule has 1 amide bonds. The molecule has 21 heavy (non-hydrogen) atoms. The number of hydrogen-bond acceptors (Lipinski definition) is 4. The molecule has 2 unspecified atom stereocenters. The summed E-state index contributed by atoms with van der Waals surface area (Å²) < 4.78 is 23.3. The van der Waals surface area contributed by atoms with Crippen molar-refractivity contribution in [2.75, 3.05) is 7.11 Å². The third-order valence-electron chi connectivity index (χ3n) is 2.63. The molecule has 122 valence electrons. The quantitative estimate of drug-likeness (QED) is 0.552. The molecule has 0 aromatic rings. The Morgan fingerprint density at radius 1 is 1.29 bits per heavy atom. The average Bonchev–Trinajstić information content (AvgIpc) is 2.37. The van der Waals surface area contributed by atoms with Gasteiger partial charge in [0.15, 0.2) is 0 Å². The number of alkyl halides is 1. The molecule has 0 aliphatic heterocycles. The maximum atomic E-state index is 13.6. The number of halogens is 1. The summed E-state index contributed by atoms with van der Waals surface area (Å²) in [5, 5.41) is 2.41. The van der Waals surface area contributed by atoms with E-state index >= 15 is 0 Å². The lowest BCUT2D eigenvalue weighted by Crippen LogP contribution is -2.44. The van der Waals surface area contributed by atoms with Gasteiger partial charge in [-0.2, -0.15) is 0 Å². The van der Waals surface area contributed by atoms with Crippen LogP contribution in [-0.2, 0) is 14.3 Å². The Hall–Kier alpha value is -1.59. The van der Waals surface area contributed by atoms with Crippen LogP contribution in [0.3, 0.4) is 0 Å². The molecule has 0 aromatic heterocycles. The van der Waals surface area contributed by atoms with Crippen molar-refractivity contribution in [1.82, 2.24) is 5.32 Å². The van der Waals surface area contributed by atoms with Crippen molar-refractivity contribution in [3.05, 3.63) is 12.7 Å². The molecule has 0 radical (unpaired) electrons. The molecule has 5 nitrogen and oxygen atoms in total. The first-order chi connectivity index (χ1) is 9.69. The Balaban J connectivity index is 4.43. The third-order valence-corrected chi connectivity index (χ3v) is 2.63. The molecular weight excluding hydrogens is 277 g/mol. The van der Waals surface area contributed by atoms with Crippen LogP contribution in [-0.4, -0.2) is 37.0 Å². The molecule has 2 atom stereocenters. The maximum Gasteiger partial charge on any atom is 0.408 e. The van der Waals surface area contributed by atoms with Gasteiger partial charge in [-0.1, -0.05) is 6.08 Å². The monoisotopic (exact) mass is 303 g/mol.